The monoisotopic (exact) mass is 262 g/mol. The summed E-state index contributed by atoms with van der Waals surface area (Å²) in [7, 11) is 1.76. The van der Waals surface area contributed by atoms with Gasteiger partial charge in [0.25, 0.3) is 0 Å². The Balaban J connectivity index is 1.79. The summed E-state index contributed by atoms with van der Waals surface area (Å²) in [6, 6.07) is 9.65. The van der Waals surface area contributed by atoms with E-state index in [4.69, 9.17) is 0 Å². The Bertz CT molecular complexity index is 413. The molecule has 1 fully saturated rings. The maximum absolute atomic E-state index is 12.0. The third-order valence-corrected chi connectivity index (χ3v) is 3.71. The molecule has 4 nitrogen and oxygen atoms in total. The van der Waals surface area contributed by atoms with Gasteiger partial charge < -0.3 is 15.3 Å². The highest BCUT2D eigenvalue weighted by Crippen LogP contribution is 2.29. The lowest BCUT2D eigenvalue weighted by Crippen LogP contribution is -2.43. The summed E-state index contributed by atoms with van der Waals surface area (Å²) in [5, 5.41) is 13.4. The number of hydrogen-bond acceptors (Lipinski definition) is 3. The maximum Gasteiger partial charge on any atom is 0.241 e. The molecule has 0 unspecified atom stereocenters. The van der Waals surface area contributed by atoms with Crippen LogP contribution in [0.3, 0.4) is 0 Å². The normalized spacial score (nSPS) is 17.2. The second-order valence-corrected chi connectivity index (χ2v) is 5.40. The van der Waals surface area contributed by atoms with Gasteiger partial charge in [0.05, 0.1) is 12.1 Å². The minimum Gasteiger partial charge on any atom is -0.388 e. The van der Waals surface area contributed by atoms with E-state index in [9.17, 15) is 9.90 Å². The third-order valence-electron chi connectivity index (χ3n) is 3.71. The minimum absolute atomic E-state index is 0.00387. The molecule has 0 bridgehead atoms. The van der Waals surface area contributed by atoms with Crippen molar-refractivity contribution in [3.05, 3.63) is 30.3 Å². The van der Waals surface area contributed by atoms with Crippen molar-refractivity contribution < 1.29 is 9.90 Å². The number of rotatable bonds is 5. The molecule has 0 aliphatic heterocycles. The molecule has 1 aromatic rings. The molecule has 1 aliphatic rings. The number of carbonyl (C=O) groups excluding carboxylic acids is 1. The van der Waals surface area contributed by atoms with Crippen LogP contribution < -0.4 is 5.32 Å². The number of anilines is 1. The van der Waals surface area contributed by atoms with Crippen LogP contribution in [0.25, 0.3) is 0 Å². The van der Waals surface area contributed by atoms with Crippen molar-refractivity contribution in [2.45, 2.75) is 31.3 Å². The predicted molar refractivity (Wildman–Crippen MR) is 76.0 cm³/mol. The van der Waals surface area contributed by atoms with E-state index in [0.29, 0.717) is 6.54 Å². The van der Waals surface area contributed by atoms with Crippen molar-refractivity contribution in [3.8, 4) is 0 Å². The van der Waals surface area contributed by atoms with Gasteiger partial charge in [0.1, 0.15) is 0 Å². The van der Waals surface area contributed by atoms with Crippen LogP contribution in [0.4, 0.5) is 5.69 Å². The maximum atomic E-state index is 12.0. The number of nitrogens with one attached hydrogen (secondary N) is 1. The molecule has 0 aromatic heterocycles. The highest BCUT2D eigenvalue weighted by Gasteiger charge is 2.33. The zero-order chi connectivity index (χ0) is 13.7. The highest BCUT2D eigenvalue weighted by atomic mass is 16.3. The fourth-order valence-corrected chi connectivity index (χ4v) is 2.59. The van der Waals surface area contributed by atoms with Gasteiger partial charge in [0.15, 0.2) is 0 Å². The fraction of sp³-hybridized carbons (Fsp3) is 0.533. The van der Waals surface area contributed by atoms with Crippen LogP contribution in [-0.4, -0.2) is 41.7 Å². The molecule has 4 heteroatoms. The average Bonchev–Trinajstić information content (AvgIpc) is 2.83. The Hall–Kier alpha value is -1.55. The quantitative estimate of drug-likeness (QED) is 0.851. The first kappa shape index (κ1) is 13.9. The van der Waals surface area contributed by atoms with Crippen molar-refractivity contribution in [2.24, 2.45) is 0 Å². The molecule has 2 rings (SSSR count). The first-order valence-corrected chi connectivity index (χ1v) is 6.84. The topological polar surface area (TPSA) is 52.6 Å². The third kappa shape index (κ3) is 3.96. The largest absolute Gasteiger partial charge is 0.388 e. The van der Waals surface area contributed by atoms with Gasteiger partial charge in [0, 0.05) is 19.3 Å². The lowest BCUT2D eigenvalue weighted by Gasteiger charge is -2.28. The summed E-state index contributed by atoms with van der Waals surface area (Å²) < 4.78 is 0. The van der Waals surface area contributed by atoms with Crippen molar-refractivity contribution >= 4 is 11.6 Å². The van der Waals surface area contributed by atoms with Crippen LogP contribution in [0.2, 0.25) is 0 Å². The fourth-order valence-electron chi connectivity index (χ4n) is 2.59. The molecule has 1 amide bonds. The summed E-state index contributed by atoms with van der Waals surface area (Å²) in [6.45, 7) is 0.693. The Kier molecular flexibility index (Phi) is 4.43. The Morgan fingerprint density at radius 1 is 1.32 bits per heavy atom. The Morgan fingerprint density at radius 3 is 2.58 bits per heavy atom. The van der Waals surface area contributed by atoms with E-state index in [1.807, 2.05) is 30.3 Å². The number of para-hydroxylation sites is 1. The summed E-state index contributed by atoms with van der Waals surface area (Å²) in [5.41, 5.74) is 0.265. The molecule has 0 atom stereocenters. The van der Waals surface area contributed by atoms with Gasteiger partial charge in [-0.05, 0) is 25.0 Å². The molecule has 1 aromatic carbocycles. The van der Waals surface area contributed by atoms with Crippen LogP contribution in [0, 0.1) is 0 Å². The molecule has 1 aliphatic carbocycles. The van der Waals surface area contributed by atoms with Crippen molar-refractivity contribution in [1.29, 1.82) is 0 Å². The molecule has 0 heterocycles. The van der Waals surface area contributed by atoms with Crippen molar-refractivity contribution in [3.63, 3.8) is 0 Å². The van der Waals surface area contributed by atoms with Gasteiger partial charge in [-0.2, -0.15) is 0 Å². The number of amides is 1. The summed E-state index contributed by atoms with van der Waals surface area (Å²) in [4.78, 5) is 13.6. The van der Waals surface area contributed by atoms with E-state index in [2.05, 4.69) is 5.32 Å². The van der Waals surface area contributed by atoms with Gasteiger partial charge in [-0.25, -0.2) is 0 Å². The van der Waals surface area contributed by atoms with Crippen LogP contribution in [0.15, 0.2) is 30.3 Å². The van der Waals surface area contributed by atoms with Crippen LogP contribution >= 0.6 is 0 Å². The molecule has 104 valence electrons. The summed E-state index contributed by atoms with van der Waals surface area (Å²) >= 11 is 0. The Labute approximate surface area is 114 Å². The van der Waals surface area contributed by atoms with E-state index in [1.165, 1.54) is 0 Å². The highest BCUT2D eigenvalue weighted by molar-refractivity contribution is 5.80. The van der Waals surface area contributed by atoms with Crippen molar-refractivity contribution in [1.82, 2.24) is 4.90 Å². The minimum atomic E-state index is -0.669. The number of benzene rings is 1. The van der Waals surface area contributed by atoms with Gasteiger partial charge in [0.2, 0.25) is 5.91 Å². The number of nitrogens with zero attached hydrogens (tertiary/aromatic N) is 1. The van der Waals surface area contributed by atoms with E-state index in [0.717, 1.165) is 31.4 Å². The molecule has 0 saturated heterocycles. The molecule has 0 radical (unpaired) electrons. The second-order valence-electron chi connectivity index (χ2n) is 5.40. The van der Waals surface area contributed by atoms with Gasteiger partial charge in [-0.15, -0.1) is 0 Å². The predicted octanol–water partition coefficient (Wildman–Crippen LogP) is 1.86. The summed E-state index contributed by atoms with van der Waals surface area (Å²) in [6.07, 6.45) is 3.72. The lowest BCUT2D eigenvalue weighted by atomic mass is 10.0. The number of aliphatic hydroxyl groups is 1. The zero-order valence-corrected chi connectivity index (χ0v) is 11.4. The van der Waals surface area contributed by atoms with Gasteiger partial charge in [-0.1, -0.05) is 31.0 Å². The standard InChI is InChI=1S/C15H22N2O2/c1-17(12-15(19)9-5-6-10-15)14(18)11-16-13-7-3-2-4-8-13/h2-4,7-8,16,19H,5-6,9-12H2,1H3. The smallest absolute Gasteiger partial charge is 0.241 e. The van der Waals surface area contributed by atoms with E-state index in [-0.39, 0.29) is 12.5 Å². The molecule has 0 spiro atoms. The molecular formula is C15H22N2O2. The summed E-state index contributed by atoms with van der Waals surface area (Å²) in [5.74, 6) is 0.00387. The lowest BCUT2D eigenvalue weighted by molar-refractivity contribution is -0.131. The van der Waals surface area contributed by atoms with Crippen LogP contribution in [0.1, 0.15) is 25.7 Å². The van der Waals surface area contributed by atoms with Crippen molar-refractivity contribution in [2.75, 3.05) is 25.5 Å². The van der Waals surface area contributed by atoms with Gasteiger partial charge >= 0.3 is 0 Å². The first-order valence-electron chi connectivity index (χ1n) is 6.84. The van der Waals surface area contributed by atoms with Crippen LogP contribution in [0.5, 0.6) is 0 Å². The van der Waals surface area contributed by atoms with E-state index >= 15 is 0 Å². The molecule has 19 heavy (non-hydrogen) atoms. The van der Waals surface area contributed by atoms with Gasteiger partial charge in [-0.3, -0.25) is 4.79 Å². The molecule has 2 N–H and O–H groups in total. The number of likely N-dealkylation sites (N-methyl/N-ethyl adjacent to an activating group) is 1. The molecular weight excluding hydrogens is 240 g/mol. The first-order chi connectivity index (χ1) is 9.09. The van der Waals surface area contributed by atoms with E-state index in [1.54, 1.807) is 11.9 Å². The molecule has 1 saturated carbocycles. The Morgan fingerprint density at radius 2 is 1.95 bits per heavy atom. The second kappa shape index (κ2) is 6.06. The van der Waals surface area contributed by atoms with E-state index < -0.39 is 5.60 Å². The van der Waals surface area contributed by atoms with Crippen LogP contribution in [-0.2, 0) is 4.79 Å². The average molecular weight is 262 g/mol. The number of carbonyl (C=O) groups is 1. The SMILES string of the molecule is CN(CC1(O)CCCC1)C(=O)CNc1ccccc1. The zero-order valence-electron chi connectivity index (χ0n) is 11.4. The number of hydrogen-bond donors (Lipinski definition) is 2.